The summed E-state index contributed by atoms with van der Waals surface area (Å²) in [6.07, 6.45) is 5.52. The van der Waals surface area contributed by atoms with Crippen molar-refractivity contribution < 1.29 is 9.59 Å². The molecule has 3 rings (SSSR count). The van der Waals surface area contributed by atoms with Crippen LogP contribution in [0, 0.1) is 0 Å². The van der Waals surface area contributed by atoms with Gasteiger partial charge in [-0.05, 0) is 36.3 Å². The highest BCUT2D eigenvalue weighted by molar-refractivity contribution is 5.87. The smallest absolute Gasteiger partial charge is 0.241 e. The quantitative estimate of drug-likeness (QED) is 0.878. The summed E-state index contributed by atoms with van der Waals surface area (Å²) in [7, 11) is 0. The first kappa shape index (κ1) is 17.5. The molecular weight excluding hydrogens is 314 g/mol. The topological polar surface area (TPSA) is 65.2 Å². The summed E-state index contributed by atoms with van der Waals surface area (Å²) in [6, 6.07) is 6.50. The molecule has 1 aliphatic heterocycles. The molecule has 2 N–H and O–H groups in total. The number of nitrogens with one attached hydrogen (secondary N) is 2. The molecule has 1 aliphatic rings. The number of fused-ring (bicyclic) bond motifs is 1. The maximum absolute atomic E-state index is 12.2. The van der Waals surface area contributed by atoms with Crippen LogP contribution in [0.4, 0.5) is 0 Å². The summed E-state index contributed by atoms with van der Waals surface area (Å²) in [5, 5.41) is 3.99. The average molecular weight is 341 g/mol. The molecule has 25 heavy (non-hydrogen) atoms. The van der Waals surface area contributed by atoms with Crippen LogP contribution in [0.3, 0.4) is 0 Å². The Balaban J connectivity index is 1.63. The molecule has 5 nitrogen and oxygen atoms in total. The Hall–Kier alpha value is -2.30. The summed E-state index contributed by atoms with van der Waals surface area (Å²) >= 11 is 0. The first-order valence-corrected chi connectivity index (χ1v) is 9.27. The van der Waals surface area contributed by atoms with Crippen molar-refractivity contribution in [3.8, 4) is 0 Å². The largest absolute Gasteiger partial charge is 0.361 e. The number of carbonyl (C=O) groups is 2. The first-order chi connectivity index (χ1) is 12.1. The summed E-state index contributed by atoms with van der Waals surface area (Å²) < 4.78 is 0. The number of hydrogen-bond donors (Lipinski definition) is 2. The van der Waals surface area contributed by atoms with Gasteiger partial charge in [0.2, 0.25) is 11.8 Å². The molecule has 0 atom stereocenters. The van der Waals surface area contributed by atoms with E-state index in [-0.39, 0.29) is 18.4 Å². The second-order valence-corrected chi connectivity index (χ2v) is 6.72. The van der Waals surface area contributed by atoms with E-state index in [4.69, 9.17) is 0 Å². The van der Waals surface area contributed by atoms with E-state index in [2.05, 4.69) is 41.6 Å². The third kappa shape index (κ3) is 3.70. The Morgan fingerprint density at radius 2 is 2.00 bits per heavy atom. The minimum absolute atomic E-state index is 0.0208. The zero-order chi connectivity index (χ0) is 17.8. The Morgan fingerprint density at radius 3 is 2.68 bits per heavy atom. The van der Waals surface area contributed by atoms with Crippen molar-refractivity contribution in [3.63, 3.8) is 0 Å². The van der Waals surface area contributed by atoms with Crippen LogP contribution < -0.4 is 5.32 Å². The van der Waals surface area contributed by atoms with E-state index in [1.54, 1.807) is 6.92 Å². The number of piperidine rings is 1. The van der Waals surface area contributed by atoms with E-state index < -0.39 is 0 Å². The van der Waals surface area contributed by atoms with Gasteiger partial charge in [-0.2, -0.15) is 0 Å². The third-order valence-electron chi connectivity index (χ3n) is 5.26. The second kappa shape index (κ2) is 7.72. The number of rotatable bonds is 5. The summed E-state index contributed by atoms with van der Waals surface area (Å²) in [6.45, 7) is 5.59. The fraction of sp³-hybridized carbons (Fsp3) is 0.500. The molecule has 1 aromatic heterocycles. The van der Waals surface area contributed by atoms with Crippen LogP contribution in [0.2, 0.25) is 0 Å². The molecule has 5 heteroatoms. The summed E-state index contributed by atoms with van der Waals surface area (Å²) in [4.78, 5) is 28.8. The van der Waals surface area contributed by atoms with Crippen LogP contribution in [0.1, 0.15) is 50.2 Å². The van der Waals surface area contributed by atoms with E-state index >= 15 is 0 Å². The standard InChI is InChI=1S/C20H27N3O2/c1-3-14-6-5-7-16-17(12-22-20(14)16)15-8-10-23(11-9-15)19(25)13-21-18(24)4-2/h5-7,12,15,22H,3-4,8-11,13H2,1-2H3,(H,21,24). The Kier molecular flexibility index (Phi) is 5.41. The zero-order valence-electron chi connectivity index (χ0n) is 15.1. The Labute approximate surface area is 148 Å². The van der Waals surface area contributed by atoms with Crippen LogP contribution in [-0.4, -0.2) is 41.3 Å². The second-order valence-electron chi connectivity index (χ2n) is 6.72. The first-order valence-electron chi connectivity index (χ1n) is 9.27. The molecule has 1 aromatic carbocycles. The number of aromatic nitrogens is 1. The van der Waals surface area contributed by atoms with Crippen molar-refractivity contribution in [2.45, 2.75) is 45.4 Å². The van der Waals surface area contributed by atoms with Gasteiger partial charge >= 0.3 is 0 Å². The van der Waals surface area contributed by atoms with Crippen molar-refractivity contribution in [3.05, 3.63) is 35.5 Å². The zero-order valence-corrected chi connectivity index (χ0v) is 15.1. The Bertz CT molecular complexity index is 757. The van der Waals surface area contributed by atoms with Gasteiger partial charge < -0.3 is 15.2 Å². The minimum Gasteiger partial charge on any atom is -0.361 e. The van der Waals surface area contributed by atoms with Gasteiger partial charge in [-0.15, -0.1) is 0 Å². The predicted molar refractivity (Wildman–Crippen MR) is 99.5 cm³/mol. The van der Waals surface area contributed by atoms with Crippen LogP contribution in [0.15, 0.2) is 24.4 Å². The number of aromatic amines is 1. The molecule has 0 bridgehead atoms. The van der Waals surface area contributed by atoms with Crippen molar-refractivity contribution >= 4 is 22.7 Å². The van der Waals surface area contributed by atoms with Gasteiger partial charge in [0.25, 0.3) is 0 Å². The molecule has 1 saturated heterocycles. The van der Waals surface area contributed by atoms with Crippen LogP contribution >= 0.6 is 0 Å². The predicted octanol–water partition coefficient (Wildman–Crippen LogP) is 2.96. The van der Waals surface area contributed by atoms with Gasteiger partial charge in [0.05, 0.1) is 6.54 Å². The molecule has 2 heterocycles. The monoisotopic (exact) mass is 341 g/mol. The fourth-order valence-corrected chi connectivity index (χ4v) is 3.72. The molecule has 0 aliphatic carbocycles. The average Bonchev–Trinajstić information content (AvgIpc) is 3.10. The summed E-state index contributed by atoms with van der Waals surface area (Å²) in [5.41, 5.74) is 3.97. The van der Waals surface area contributed by atoms with E-state index in [1.165, 1.54) is 22.0 Å². The number of benzene rings is 1. The Morgan fingerprint density at radius 1 is 1.24 bits per heavy atom. The van der Waals surface area contributed by atoms with E-state index in [0.29, 0.717) is 12.3 Å². The lowest BCUT2D eigenvalue weighted by molar-refractivity contribution is -0.133. The number of amides is 2. The maximum Gasteiger partial charge on any atom is 0.241 e. The van der Waals surface area contributed by atoms with Crippen LogP contribution in [0.25, 0.3) is 10.9 Å². The molecule has 134 valence electrons. The van der Waals surface area contributed by atoms with Crippen molar-refractivity contribution in [1.29, 1.82) is 0 Å². The van der Waals surface area contributed by atoms with E-state index in [9.17, 15) is 9.59 Å². The molecule has 0 spiro atoms. The molecule has 0 saturated carbocycles. The van der Waals surface area contributed by atoms with Gasteiger partial charge in [0, 0.05) is 36.6 Å². The molecule has 2 amide bonds. The number of likely N-dealkylation sites (tertiary alicyclic amines) is 1. The van der Waals surface area contributed by atoms with Crippen molar-refractivity contribution in [1.82, 2.24) is 15.2 Å². The molecule has 0 unspecified atom stereocenters. The molecular formula is C20H27N3O2. The van der Waals surface area contributed by atoms with E-state index in [1.807, 2.05) is 4.90 Å². The highest BCUT2D eigenvalue weighted by Crippen LogP contribution is 2.34. The fourth-order valence-electron chi connectivity index (χ4n) is 3.72. The van der Waals surface area contributed by atoms with Crippen LogP contribution in [0.5, 0.6) is 0 Å². The third-order valence-corrected chi connectivity index (χ3v) is 5.26. The highest BCUT2D eigenvalue weighted by atomic mass is 16.2. The van der Waals surface area contributed by atoms with Gasteiger partial charge in [-0.25, -0.2) is 0 Å². The van der Waals surface area contributed by atoms with Gasteiger partial charge in [0.15, 0.2) is 0 Å². The number of H-pyrrole nitrogens is 1. The number of para-hydroxylation sites is 1. The lowest BCUT2D eigenvalue weighted by Gasteiger charge is -2.32. The molecule has 2 aromatic rings. The summed E-state index contributed by atoms with van der Waals surface area (Å²) in [5.74, 6) is 0.427. The van der Waals surface area contributed by atoms with Gasteiger partial charge in [-0.1, -0.05) is 32.0 Å². The molecule has 1 fully saturated rings. The number of carbonyl (C=O) groups excluding carboxylic acids is 2. The lowest BCUT2D eigenvalue weighted by Crippen LogP contribution is -2.43. The molecule has 0 radical (unpaired) electrons. The van der Waals surface area contributed by atoms with Gasteiger partial charge in [-0.3, -0.25) is 9.59 Å². The number of hydrogen-bond acceptors (Lipinski definition) is 2. The van der Waals surface area contributed by atoms with Crippen LogP contribution in [-0.2, 0) is 16.0 Å². The minimum atomic E-state index is -0.0752. The lowest BCUT2D eigenvalue weighted by atomic mass is 9.88. The number of aryl methyl sites for hydroxylation is 1. The van der Waals surface area contributed by atoms with Crippen molar-refractivity contribution in [2.24, 2.45) is 0 Å². The van der Waals surface area contributed by atoms with E-state index in [0.717, 1.165) is 32.4 Å². The van der Waals surface area contributed by atoms with Crippen molar-refractivity contribution in [2.75, 3.05) is 19.6 Å². The maximum atomic E-state index is 12.2. The highest BCUT2D eigenvalue weighted by Gasteiger charge is 2.25. The number of nitrogens with zero attached hydrogens (tertiary/aromatic N) is 1. The SMILES string of the molecule is CCC(=O)NCC(=O)N1CCC(c2c[nH]c3c(CC)cccc23)CC1. The normalized spacial score (nSPS) is 15.5. The van der Waals surface area contributed by atoms with Gasteiger partial charge in [0.1, 0.15) is 0 Å².